The summed E-state index contributed by atoms with van der Waals surface area (Å²) in [6.45, 7) is 1.53. The minimum absolute atomic E-state index is 0.0530. The molecule has 1 unspecified atom stereocenters. The van der Waals surface area contributed by atoms with Gasteiger partial charge in [-0.25, -0.2) is 0 Å². The van der Waals surface area contributed by atoms with Gasteiger partial charge in [0, 0.05) is 43.5 Å². The van der Waals surface area contributed by atoms with E-state index in [4.69, 9.17) is 10.5 Å². The van der Waals surface area contributed by atoms with Crippen molar-refractivity contribution in [3.8, 4) is 0 Å². The van der Waals surface area contributed by atoms with Crippen LogP contribution in [0.1, 0.15) is 30.0 Å². The molecule has 1 aliphatic heterocycles. The lowest BCUT2D eigenvalue weighted by Gasteiger charge is -2.42. The molecule has 3 rings (SSSR count). The summed E-state index contributed by atoms with van der Waals surface area (Å²) in [6, 6.07) is 10.5. The van der Waals surface area contributed by atoms with E-state index in [1.165, 1.54) is 5.56 Å². The topological polar surface area (TPSA) is 53.1 Å². The minimum Gasteiger partial charge on any atom is -0.381 e. The van der Waals surface area contributed by atoms with E-state index >= 15 is 0 Å². The van der Waals surface area contributed by atoms with Gasteiger partial charge in [-0.3, -0.25) is 4.68 Å². The molecule has 0 bridgehead atoms. The smallest absolute Gasteiger partial charge is 0.0537 e. The molecule has 0 spiro atoms. The second-order valence-electron chi connectivity index (χ2n) is 5.56. The number of benzene rings is 1. The lowest BCUT2D eigenvalue weighted by molar-refractivity contribution is 0.0398. The third-order valence-electron chi connectivity index (χ3n) is 4.41. The number of nitrogens with two attached hydrogens (primary N) is 1. The molecule has 1 aromatic carbocycles. The molecule has 4 heteroatoms. The highest BCUT2D eigenvalue weighted by molar-refractivity contribution is 5.32. The Balaban J connectivity index is 2.01. The molecule has 106 valence electrons. The molecule has 0 amide bonds. The Hall–Kier alpha value is -1.65. The second-order valence-corrected chi connectivity index (χ2v) is 5.56. The van der Waals surface area contributed by atoms with E-state index in [0.717, 1.165) is 31.6 Å². The first-order valence-corrected chi connectivity index (χ1v) is 7.10. The quantitative estimate of drug-likeness (QED) is 0.931. The van der Waals surface area contributed by atoms with Crippen molar-refractivity contribution in [1.29, 1.82) is 0 Å². The van der Waals surface area contributed by atoms with Crippen molar-refractivity contribution in [3.05, 3.63) is 53.9 Å². The van der Waals surface area contributed by atoms with Gasteiger partial charge in [0.25, 0.3) is 0 Å². The Kier molecular flexibility index (Phi) is 3.59. The molecule has 2 heterocycles. The molecule has 0 saturated carbocycles. The van der Waals surface area contributed by atoms with Gasteiger partial charge in [-0.05, 0) is 18.4 Å². The monoisotopic (exact) mass is 271 g/mol. The highest BCUT2D eigenvalue weighted by Gasteiger charge is 2.41. The fourth-order valence-electron chi connectivity index (χ4n) is 3.20. The van der Waals surface area contributed by atoms with Crippen molar-refractivity contribution in [2.24, 2.45) is 12.8 Å². The standard InChI is InChI=1S/C16H21N3O/c1-19-12-13(11-18-19)15(17)16(7-9-20-10-8-16)14-5-3-2-4-6-14/h2-6,11-12,15H,7-10,17H2,1H3. The maximum atomic E-state index is 6.64. The molecule has 0 radical (unpaired) electrons. The van der Waals surface area contributed by atoms with Crippen LogP contribution in [0.4, 0.5) is 0 Å². The van der Waals surface area contributed by atoms with Crippen LogP contribution in [0, 0.1) is 0 Å². The van der Waals surface area contributed by atoms with Gasteiger partial charge in [-0.2, -0.15) is 5.10 Å². The van der Waals surface area contributed by atoms with Gasteiger partial charge in [0.15, 0.2) is 0 Å². The molecule has 1 aromatic heterocycles. The van der Waals surface area contributed by atoms with Crippen molar-refractivity contribution in [3.63, 3.8) is 0 Å². The minimum atomic E-state index is -0.0532. The van der Waals surface area contributed by atoms with Crippen LogP contribution in [-0.4, -0.2) is 23.0 Å². The molecule has 1 atom stereocenters. The normalized spacial score (nSPS) is 19.7. The lowest BCUT2D eigenvalue weighted by Crippen LogP contribution is -2.43. The predicted molar refractivity (Wildman–Crippen MR) is 78.3 cm³/mol. The fraction of sp³-hybridized carbons (Fsp3) is 0.438. The zero-order valence-corrected chi connectivity index (χ0v) is 11.8. The molecule has 2 aromatic rings. The van der Waals surface area contributed by atoms with Crippen LogP contribution in [0.5, 0.6) is 0 Å². The molecule has 20 heavy (non-hydrogen) atoms. The number of hydrogen-bond acceptors (Lipinski definition) is 3. The molecular weight excluding hydrogens is 250 g/mol. The third kappa shape index (κ3) is 2.25. The Morgan fingerprint density at radius 1 is 1.25 bits per heavy atom. The van der Waals surface area contributed by atoms with Crippen molar-refractivity contribution < 1.29 is 4.74 Å². The number of hydrogen-bond donors (Lipinski definition) is 1. The van der Waals surface area contributed by atoms with Gasteiger partial charge in [-0.1, -0.05) is 30.3 Å². The average molecular weight is 271 g/mol. The fourth-order valence-corrected chi connectivity index (χ4v) is 3.20. The van der Waals surface area contributed by atoms with Crippen LogP contribution in [0.2, 0.25) is 0 Å². The maximum absolute atomic E-state index is 6.64. The highest BCUT2D eigenvalue weighted by atomic mass is 16.5. The summed E-state index contributed by atoms with van der Waals surface area (Å²) in [5.74, 6) is 0. The Morgan fingerprint density at radius 2 is 1.95 bits per heavy atom. The number of ether oxygens (including phenoxy) is 1. The number of aryl methyl sites for hydroxylation is 1. The summed E-state index contributed by atoms with van der Waals surface area (Å²) in [5, 5.41) is 4.26. The molecule has 0 aliphatic carbocycles. The average Bonchev–Trinajstić information content (AvgIpc) is 2.94. The van der Waals surface area contributed by atoms with Gasteiger partial charge in [0.1, 0.15) is 0 Å². The Morgan fingerprint density at radius 3 is 2.55 bits per heavy atom. The van der Waals surface area contributed by atoms with E-state index in [1.807, 2.05) is 30.2 Å². The zero-order valence-electron chi connectivity index (χ0n) is 11.8. The summed E-state index contributed by atoms with van der Waals surface area (Å²) < 4.78 is 7.37. The van der Waals surface area contributed by atoms with Crippen LogP contribution in [0.25, 0.3) is 0 Å². The Bertz CT molecular complexity index is 558. The van der Waals surface area contributed by atoms with Crippen molar-refractivity contribution in [1.82, 2.24) is 9.78 Å². The first kappa shape index (κ1) is 13.3. The van der Waals surface area contributed by atoms with Crippen LogP contribution in [0.3, 0.4) is 0 Å². The third-order valence-corrected chi connectivity index (χ3v) is 4.41. The van der Waals surface area contributed by atoms with Gasteiger partial charge < -0.3 is 10.5 Å². The van der Waals surface area contributed by atoms with Crippen LogP contribution < -0.4 is 5.73 Å². The van der Waals surface area contributed by atoms with E-state index in [0.29, 0.717) is 0 Å². The summed E-state index contributed by atoms with van der Waals surface area (Å²) in [4.78, 5) is 0. The maximum Gasteiger partial charge on any atom is 0.0537 e. The largest absolute Gasteiger partial charge is 0.381 e. The molecule has 4 nitrogen and oxygen atoms in total. The van der Waals surface area contributed by atoms with E-state index < -0.39 is 0 Å². The molecule has 1 fully saturated rings. The van der Waals surface area contributed by atoms with E-state index in [1.54, 1.807) is 0 Å². The summed E-state index contributed by atoms with van der Waals surface area (Å²) in [6.07, 6.45) is 5.80. The molecule has 2 N–H and O–H groups in total. The summed E-state index contributed by atoms with van der Waals surface area (Å²) in [5.41, 5.74) is 8.99. The first-order chi connectivity index (χ1) is 9.72. The second kappa shape index (κ2) is 5.38. The van der Waals surface area contributed by atoms with Crippen molar-refractivity contribution >= 4 is 0 Å². The van der Waals surface area contributed by atoms with Gasteiger partial charge >= 0.3 is 0 Å². The highest BCUT2D eigenvalue weighted by Crippen LogP contribution is 2.43. The lowest BCUT2D eigenvalue weighted by atomic mass is 9.67. The van der Waals surface area contributed by atoms with Crippen LogP contribution in [0.15, 0.2) is 42.7 Å². The first-order valence-electron chi connectivity index (χ1n) is 7.10. The zero-order chi connectivity index (χ0) is 14.0. The number of aromatic nitrogens is 2. The van der Waals surface area contributed by atoms with Crippen LogP contribution in [-0.2, 0) is 17.2 Å². The van der Waals surface area contributed by atoms with Crippen molar-refractivity contribution in [2.75, 3.05) is 13.2 Å². The van der Waals surface area contributed by atoms with Crippen LogP contribution >= 0.6 is 0 Å². The Labute approximate surface area is 119 Å². The van der Waals surface area contributed by atoms with Gasteiger partial charge in [0.05, 0.1) is 6.20 Å². The van der Waals surface area contributed by atoms with Gasteiger partial charge in [-0.15, -0.1) is 0 Å². The molecule has 1 saturated heterocycles. The number of nitrogens with zero attached hydrogens (tertiary/aromatic N) is 2. The SMILES string of the molecule is Cn1cc(C(N)C2(c3ccccc3)CCOCC2)cn1. The van der Waals surface area contributed by atoms with E-state index in [-0.39, 0.29) is 11.5 Å². The summed E-state index contributed by atoms with van der Waals surface area (Å²) >= 11 is 0. The van der Waals surface area contributed by atoms with E-state index in [2.05, 4.69) is 29.4 Å². The summed E-state index contributed by atoms with van der Waals surface area (Å²) in [7, 11) is 1.93. The molecular formula is C16H21N3O. The number of rotatable bonds is 3. The molecule has 1 aliphatic rings. The van der Waals surface area contributed by atoms with Crippen molar-refractivity contribution in [2.45, 2.75) is 24.3 Å². The predicted octanol–water partition coefficient (Wildman–Crippen LogP) is 2.17. The van der Waals surface area contributed by atoms with Gasteiger partial charge in [0.2, 0.25) is 0 Å². The van der Waals surface area contributed by atoms with E-state index in [9.17, 15) is 0 Å².